The summed E-state index contributed by atoms with van der Waals surface area (Å²) in [6.07, 6.45) is 6.98. The maximum Gasteiger partial charge on any atom is 0.223 e. The number of carbonyl (C=O) groups is 1. The minimum absolute atomic E-state index is 0. The van der Waals surface area contributed by atoms with Gasteiger partial charge in [-0.05, 0) is 63.1 Å². The van der Waals surface area contributed by atoms with E-state index < -0.39 is 0 Å². The van der Waals surface area contributed by atoms with E-state index in [-0.39, 0.29) is 47.6 Å². The fourth-order valence-corrected chi connectivity index (χ4v) is 3.79. The maximum absolute atomic E-state index is 12.4. The number of amides is 1. The van der Waals surface area contributed by atoms with Gasteiger partial charge in [0.1, 0.15) is 0 Å². The van der Waals surface area contributed by atoms with Gasteiger partial charge in [0, 0.05) is 31.1 Å². The zero-order valence-electron chi connectivity index (χ0n) is 17.9. The van der Waals surface area contributed by atoms with Gasteiger partial charge < -0.3 is 25.8 Å². The fraction of sp³-hybridized carbons (Fsp3) is 0.636. The largest absolute Gasteiger partial charge is 0.504 e. The van der Waals surface area contributed by atoms with E-state index in [2.05, 4.69) is 22.9 Å². The molecule has 4 N–H and O–H groups in total. The van der Waals surface area contributed by atoms with Crippen molar-refractivity contribution in [1.82, 2.24) is 16.0 Å². The predicted octanol–water partition coefficient (Wildman–Crippen LogP) is 2.95. The second kappa shape index (κ2) is 12.2. The molecule has 30 heavy (non-hydrogen) atoms. The molecule has 2 aliphatic carbocycles. The number of hydrogen-bond donors (Lipinski definition) is 4. The molecule has 0 saturated heterocycles. The SMILES string of the molecule is CCNC(=NCCc1ccc(O)c(OC)c1)NC1CCCC(C(=O)NC2CC2)C1.I. The Labute approximate surface area is 196 Å². The molecule has 1 amide bonds. The third kappa shape index (κ3) is 7.52. The number of hydrogen-bond acceptors (Lipinski definition) is 4. The molecule has 0 heterocycles. The molecular weight excluding hydrogens is 495 g/mol. The third-order valence-electron chi connectivity index (χ3n) is 5.57. The molecule has 0 spiro atoms. The number of ether oxygens (including phenoxy) is 1. The Morgan fingerprint density at radius 1 is 1.20 bits per heavy atom. The number of benzene rings is 1. The van der Waals surface area contributed by atoms with Crippen LogP contribution >= 0.6 is 24.0 Å². The van der Waals surface area contributed by atoms with Gasteiger partial charge in [0.2, 0.25) is 5.91 Å². The number of halogens is 1. The van der Waals surface area contributed by atoms with E-state index in [0.29, 0.717) is 18.3 Å². The molecule has 0 radical (unpaired) electrons. The Morgan fingerprint density at radius 3 is 2.70 bits per heavy atom. The van der Waals surface area contributed by atoms with Crippen LogP contribution in [0.25, 0.3) is 0 Å². The van der Waals surface area contributed by atoms with Crippen molar-refractivity contribution in [1.29, 1.82) is 0 Å². The second-order valence-electron chi connectivity index (χ2n) is 8.00. The van der Waals surface area contributed by atoms with E-state index in [9.17, 15) is 9.90 Å². The molecular formula is C22H35IN4O3. The molecule has 3 rings (SSSR count). The van der Waals surface area contributed by atoms with Crippen LogP contribution in [0, 0.1) is 5.92 Å². The van der Waals surface area contributed by atoms with E-state index in [1.165, 1.54) is 0 Å². The van der Waals surface area contributed by atoms with Crippen LogP contribution in [-0.2, 0) is 11.2 Å². The molecule has 7 nitrogen and oxygen atoms in total. The lowest BCUT2D eigenvalue weighted by Crippen LogP contribution is -2.47. The fourth-order valence-electron chi connectivity index (χ4n) is 3.79. The number of guanidine groups is 1. The Balaban J connectivity index is 0.00000320. The second-order valence-corrected chi connectivity index (χ2v) is 8.00. The minimum atomic E-state index is 0. The number of carbonyl (C=O) groups excluding carboxylic acids is 1. The van der Waals surface area contributed by atoms with Crippen molar-refractivity contribution in [3.05, 3.63) is 23.8 Å². The first kappa shape index (κ1) is 24.6. The van der Waals surface area contributed by atoms with E-state index >= 15 is 0 Å². The zero-order valence-corrected chi connectivity index (χ0v) is 20.3. The lowest BCUT2D eigenvalue weighted by molar-refractivity contribution is -0.126. The van der Waals surface area contributed by atoms with Gasteiger partial charge in [-0.3, -0.25) is 9.79 Å². The Morgan fingerprint density at radius 2 is 2.00 bits per heavy atom. The summed E-state index contributed by atoms with van der Waals surface area (Å²) in [5.41, 5.74) is 1.06. The molecule has 2 fully saturated rings. The average Bonchev–Trinajstić information content (AvgIpc) is 3.53. The highest BCUT2D eigenvalue weighted by Gasteiger charge is 2.31. The number of phenolic OH excluding ortho intramolecular Hbond substituents is 1. The van der Waals surface area contributed by atoms with E-state index in [0.717, 1.165) is 63.0 Å². The number of phenols is 1. The summed E-state index contributed by atoms with van der Waals surface area (Å²) < 4.78 is 5.17. The van der Waals surface area contributed by atoms with Gasteiger partial charge in [-0.1, -0.05) is 12.5 Å². The topological polar surface area (TPSA) is 95.0 Å². The molecule has 2 aliphatic rings. The van der Waals surface area contributed by atoms with Crippen molar-refractivity contribution in [3.63, 3.8) is 0 Å². The molecule has 2 unspecified atom stereocenters. The van der Waals surface area contributed by atoms with Gasteiger partial charge in [-0.2, -0.15) is 0 Å². The van der Waals surface area contributed by atoms with Gasteiger partial charge in [0.25, 0.3) is 0 Å². The lowest BCUT2D eigenvalue weighted by atomic mass is 9.85. The summed E-state index contributed by atoms with van der Waals surface area (Å²) in [7, 11) is 1.55. The quantitative estimate of drug-likeness (QED) is 0.236. The number of aromatic hydroxyl groups is 1. The van der Waals surface area contributed by atoms with Crippen LogP contribution in [0.5, 0.6) is 11.5 Å². The Kier molecular flexibility index (Phi) is 10.0. The van der Waals surface area contributed by atoms with Crippen LogP contribution in [0.1, 0.15) is 51.0 Å². The summed E-state index contributed by atoms with van der Waals surface area (Å²) in [6, 6.07) is 6.07. The number of rotatable bonds is 8. The molecule has 168 valence electrons. The Hall–Kier alpha value is -1.71. The predicted molar refractivity (Wildman–Crippen MR) is 130 cm³/mol. The number of methoxy groups -OCH3 is 1. The van der Waals surface area contributed by atoms with Gasteiger partial charge in [-0.25, -0.2) is 0 Å². The van der Waals surface area contributed by atoms with Crippen LogP contribution < -0.4 is 20.7 Å². The Bertz CT molecular complexity index is 724. The standard InChI is InChI=1S/C22H34N4O3.HI/c1-3-23-22(24-12-11-15-7-10-19(27)20(13-15)29-2)26-18-6-4-5-16(14-18)21(28)25-17-8-9-17;/h7,10,13,16-18,27H,3-6,8-9,11-12,14H2,1-2H3,(H,25,28)(H2,23,24,26);1H. The van der Waals surface area contributed by atoms with E-state index in [4.69, 9.17) is 9.73 Å². The molecule has 2 saturated carbocycles. The highest BCUT2D eigenvalue weighted by molar-refractivity contribution is 14.0. The number of nitrogens with zero attached hydrogens (tertiary/aromatic N) is 1. The van der Waals surface area contributed by atoms with Crippen molar-refractivity contribution in [2.75, 3.05) is 20.2 Å². The summed E-state index contributed by atoms with van der Waals surface area (Å²) in [4.78, 5) is 17.1. The zero-order chi connectivity index (χ0) is 20.6. The van der Waals surface area contributed by atoms with Crippen LogP contribution in [0.3, 0.4) is 0 Å². The molecule has 0 aliphatic heterocycles. The van der Waals surface area contributed by atoms with Crippen LogP contribution in [0.15, 0.2) is 23.2 Å². The highest BCUT2D eigenvalue weighted by atomic mass is 127. The van der Waals surface area contributed by atoms with Gasteiger partial charge in [-0.15, -0.1) is 24.0 Å². The van der Waals surface area contributed by atoms with Gasteiger partial charge >= 0.3 is 0 Å². The highest BCUT2D eigenvalue weighted by Crippen LogP contribution is 2.27. The van der Waals surface area contributed by atoms with Gasteiger partial charge in [0.15, 0.2) is 17.5 Å². The van der Waals surface area contributed by atoms with Crippen LogP contribution in [-0.4, -0.2) is 49.3 Å². The van der Waals surface area contributed by atoms with Crippen molar-refractivity contribution in [2.45, 2.75) is 64.0 Å². The van der Waals surface area contributed by atoms with E-state index in [1.807, 2.05) is 12.1 Å². The van der Waals surface area contributed by atoms with Gasteiger partial charge in [0.05, 0.1) is 7.11 Å². The summed E-state index contributed by atoms with van der Waals surface area (Å²) in [6.45, 7) is 3.47. The molecule has 8 heteroatoms. The summed E-state index contributed by atoms with van der Waals surface area (Å²) >= 11 is 0. The van der Waals surface area contributed by atoms with Crippen molar-refractivity contribution < 1.29 is 14.6 Å². The average molecular weight is 530 g/mol. The minimum Gasteiger partial charge on any atom is -0.504 e. The summed E-state index contributed by atoms with van der Waals surface area (Å²) in [5, 5.41) is 19.7. The molecule has 0 aromatic heterocycles. The van der Waals surface area contributed by atoms with Crippen molar-refractivity contribution in [3.8, 4) is 11.5 Å². The number of nitrogens with one attached hydrogen (secondary N) is 3. The lowest BCUT2D eigenvalue weighted by Gasteiger charge is -2.30. The van der Waals surface area contributed by atoms with Crippen LogP contribution in [0.2, 0.25) is 0 Å². The molecule has 2 atom stereocenters. The van der Waals surface area contributed by atoms with Crippen LogP contribution in [0.4, 0.5) is 0 Å². The molecule has 1 aromatic rings. The first-order valence-corrected chi connectivity index (χ1v) is 10.8. The smallest absolute Gasteiger partial charge is 0.223 e. The first-order chi connectivity index (χ1) is 14.1. The van der Waals surface area contributed by atoms with E-state index in [1.54, 1.807) is 13.2 Å². The normalized spacial score (nSPS) is 21.3. The molecule has 0 bridgehead atoms. The summed E-state index contributed by atoms with van der Waals surface area (Å²) in [5.74, 6) is 1.75. The maximum atomic E-state index is 12.4. The number of aliphatic imine (C=N–C) groups is 1. The third-order valence-corrected chi connectivity index (χ3v) is 5.57. The van der Waals surface area contributed by atoms with Crippen molar-refractivity contribution >= 4 is 35.8 Å². The molecule has 1 aromatic carbocycles. The van der Waals surface area contributed by atoms with Crippen molar-refractivity contribution in [2.24, 2.45) is 10.9 Å². The monoisotopic (exact) mass is 530 g/mol. The first-order valence-electron chi connectivity index (χ1n) is 10.8.